The molecule has 0 spiro atoms. The predicted molar refractivity (Wildman–Crippen MR) is 124 cm³/mol. The Morgan fingerprint density at radius 3 is 2.44 bits per heavy atom. The van der Waals surface area contributed by atoms with Crippen LogP contribution in [-0.4, -0.2) is 56.9 Å². The summed E-state index contributed by atoms with van der Waals surface area (Å²) in [5, 5.41) is 15.3. The molecule has 1 aliphatic heterocycles. The highest BCUT2D eigenvalue weighted by Gasteiger charge is 2.17. The number of nitrogens with zero attached hydrogens (tertiary/aromatic N) is 5. The van der Waals surface area contributed by atoms with Crippen LogP contribution >= 0.6 is 0 Å². The molecule has 9 heteroatoms. The van der Waals surface area contributed by atoms with E-state index in [0.29, 0.717) is 5.95 Å². The van der Waals surface area contributed by atoms with E-state index in [-0.39, 0.29) is 6.47 Å². The zero-order valence-electron chi connectivity index (χ0n) is 19.0. The van der Waals surface area contributed by atoms with Crippen molar-refractivity contribution in [2.75, 3.05) is 26.0 Å². The van der Waals surface area contributed by atoms with Crippen LogP contribution in [0.1, 0.15) is 43.2 Å². The zero-order chi connectivity index (χ0) is 22.9. The van der Waals surface area contributed by atoms with E-state index >= 15 is 0 Å². The number of fused-ring (bicyclic) bond motifs is 2. The van der Waals surface area contributed by atoms with Gasteiger partial charge in [0.1, 0.15) is 5.75 Å². The van der Waals surface area contributed by atoms with Crippen LogP contribution in [0.5, 0.6) is 5.75 Å². The van der Waals surface area contributed by atoms with Crippen molar-refractivity contribution >= 4 is 29.1 Å². The number of rotatable bonds is 3. The Kier molecular flexibility index (Phi) is 8.38. The number of nitrogens with one attached hydrogen (secondary N) is 1. The molecule has 0 radical (unpaired) electrons. The summed E-state index contributed by atoms with van der Waals surface area (Å²) >= 11 is 0. The van der Waals surface area contributed by atoms with Crippen LogP contribution in [0.2, 0.25) is 0 Å². The van der Waals surface area contributed by atoms with Crippen molar-refractivity contribution in [2.24, 2.45) is 7.05 Å². The van der Waals surface area contributed by atoms with Gasteiger partial charge in [0.25, 0.3) is 6.47 Å². The second kappa shape index (κ2) is 11.4. The molecule has 0 saturated heterocycles. The first-order valence-corrected chi connectivity index (χ1v) is 10.9. The molecule has 32 heavy (non-hydrogen) atoms. The monoisotopic (exact) mass is 440 g/mol. The number of methoxy groups -OCH3 is 1. The highest BCUT2D eigenvalue weighted by atomic mass is 16.5. The Hall–Kier alpha value is -3.20. The molecule has 172 valence electrons. The second-order valence-corrected chi connectivity index (χ2v) is 8.05. The number of hydrogen-bond donors (Lipinski definition) is 2. The summed E-state index contributed by atoms with van der Waals surface area (Å²) in [6, 6.07) is 4.26. The largest absolute Gasteiger partial charge is 0.495 e. The third kappa shape index (κ3) is 5.94. The van der Waals surface area contributed by atoms with Crippen molar-refractivity contribution in [3.05, 3.63) is 35.7 Å². The van der Waals surface area contributed by atoms with Gasteiger partial charge < -0.3 is 20.1 Å². The fourth-order valence-electron chi connectivity index (χ4n) is 3.99. The molecule has 1 aliphatic carbocycles. The lowest BCUT2D eigenvalue weighted by molar-refractivity contribution is -0.122. The number of carboxylic acid groups (broad SMARTS) is 1. The van der Waals surface area contributed by atoms with Crippen LogP contribution in [0, 0.1) is 0 Å². The van der Waals surface area contributed by atoms with Crippen molar-refractivity contribution < 1.29 is 14.6 Å². The van der Waals surface area contributed by atoms with E-state index in [2.05, 4.69) is 44.5 Å². The Bertz CT molecular complexity index is 1020. The quantitative estimate of drug-likeness (QED) is 0.593. The third-order valence-electron chi connectivity index (χ3n) is 5.69. The first kappa shape index (κ1) is 23.5. The molecule has 9 nitrogen and oxygen atoms in total. The van der Waals surface area contributed by atoms with Crippen molar-refractivity contribution in [2.45, 2.75) is 45.1 Å². The van der Waals surface area contributed by atoms with Gasteiger partial charge in [0, 0.05) is 26.3 Å². The Balaban J connectivity index is 0.000000308. The van der Waals surface area contributed by atoms with Gasteiger partial charge in [-0.1, -0.05) is 32.1 Å². The lowest BCUT2D eigenvalue weighted by Crippen LogP contribution is -2.26. The molecule has 1 fully saturated rings. The van der Waals surface area contributed by atoms with Crippen LogP contribution in [0.4, 0.5) is 11.6 Å². The van der Waals surface area contributed by atoms with Gasteiger partial charge in [0.2, 0.25) is 5.95 Å². The highest BCUT2D eigenvalue weighted by molar-refractivity contribution is 5.75. The Morgan fingerprint density at radius 2 is 1.78 bits per heavy atom. The van der Waals surface area contributed by atoms with Crippen LogP contribution < -0.4 is 10.1 Å². The molecule has 0 unspecified atom stereocenters. The third-order valence-corrected chi connectivity index (χ3v) is 5.69. The first-order chi connectivity index (χ1) is 15.5. The molecular formula is C23H32N6O3. The maximum Gasteiger partial charge on any atom is 0.290 e. The second-order valence-electron chi connectivity index (χ2n) is 8.05. The fraction of sp³-hybridized carbons (Fsp3) is 0.478. The van der Waals surface area contributed by atoms with E-state index in [9.17, 15) is 0 Å². The topological polar surface area (TPSA) is 105 Å². The van der Waals surface area contributed by atoms with Crippen LogP contribution in [0.15, 0.2) is 24.5 Å². The van der Waals surface area contributed by atoms with Crippen molar-refractivity contribution in [1.82, 2.24) is 24.6 Å². The maximum atomic E-state index is 8.36. The van der Waals surface area contributed by atoms with Crippen molar-refractivity contribution in [1.29, 1.82) is 0 Å². The van der Waals surface area contributed by atoms with Gasteiger partial charge in [-0.05, 0) is 36.7 Å². The van der Waals surface area contributed by atoms with Crippen LogP contribution in [-0.2, 0) is 24.8 Å². The summed E-state index contributed by atoms with van der Waals surface area (Å²) < 4.78 is 7.29. The summed E-state index contributed by atoms with van der Waals surface area (Å²) in [7, 11) is 5.70. The van der Waals surface area contributed by atoms with Gasteiger partial charge in [-0.2, -0.15) is 10.1 Å². The summed E-state index contributed by atoms with van der Waals surface area (Å²) in [4.78, 5) is 19.6. The molecule has 2 N–H and O–H groups in total. The Labute approximate surface area is 188 Å². The first-order valence-electron chi connectivity index (χ1n) is 10.9. The van der Waals surface area contributed by atoms with Gasteiger partial charge >= 0.3 is 0 Å². The van der Waals surface area contributed by atoms with Gasteiger partial charge in [-0.3, -0.25) is 9.48 Å². The minimum absolute atomic E-state index is 0.250. The predicted octanol–water partition coefficient (Wildman–Crippen LogP) is 3.75. The average molecular weight is 441 g/mol. The molecule has 3 aromatic rings. The van der Waals surface area contributed by atoms with Crippen LogP contribution in [0.3, 0.4) is 0 Å². The van der Waals surface area contributed by atoms with E-state index in [1.54, 1.807) is 24.2 Å². The maximum absolute atomic E-state index is 8.36. The van der Waals surface area contributed by atoms with E-state index in [1.165, 1.54) is 43.2 Å². The van der Waals surface area contributed by atoms with Crippen LogP contribution in [0.25, 0.3) is 11.0 Å². The van der Waals surface area contributed by atoms with E-state index in [0.717, 1.165) is 42.0 Å². The molecule has 1 aromatic carbocycles. The molecule has 0 bridgehead atoms. The van der Waals surface area contributed by atoms with Gasteiger partial charge in [-0.25, -0.2) is 4.98 Å². The number of aryl methyl sites for hydroxylation is 1. The van der Waals surface area contributed by atoms with Gasteiger partial charge in [-0.15, -0.1) is 0 Å². The van der Waals surface area contributed by atoms with Gasteiger partial charge in [0.05, 0.1) is 24.4 Å². The summed E-state index contributed by atoms with van der Waals surface area (Å²) in [6.07, 6.45) is 12.1. The number of carbonyl (C=O) groups is 1. The summed E-state index contributed by atoms with van der Waals surface area (Å²) in [5.74, 6) is 1.35. The molecule has 0 amide bonds. The number of aromatic nitrogens is 4. The molecular weight excluding hydrogens is 408 g/mol. The average Bonchev–Trinajstić information content (AvgIpc) is 3.48. The zero-order valence-corrected chi connectivity index (χ0v) is 19.0. The number of hydrogen-bond acceptors (Lipinski definition) is 7. The fourth-order valence-corrected chi connectivity index (χ4v) is 3.99. The molecule has 5 rings (SSSR count). The minimum Gasteiger partial charge on any atom is -0.495 e. The molecule has 0 atom stereocenters. The molecule has 1 saturated carbocycles. The lowest BCUT2D eigenvalue weighted by atomic mass is 9.99. The molecule has 2 aromatic heterocycles. The smallest absolute Gasteiger partial charge is 0.290 e. The number of ether oxygens (including phenoxy) is 1. The summed E-state index contributed by atoms with van der Waals surface area (Å²) in [5.41, 5.74) is 4.34. The number of anilines is 2. The Morgan fingerprint density at radius 1 is 1.09 bits per heavy atom. The van der Waals surface area contributed by atoms with E-state index in [4.69, 9.17) is 14.6 Å². The standard InChI is InChI=1S/C17H20N6O.C5H10.CH2O2/c1-22-5-4-11-7-15(24-3)14(6-12(11)10-22)20-17-18-8-13-9-19-23(2)16(13)21-17;1-2-4-5-3-1;2-1-3/h6-9H,4-5,10H2,1-3H3,(H,18,20,21);1-5H2;1H,(H,2,3). The van der Waals surface area contributed by atoms with E-state index < -0.39 is 0 Å². The minimum atomic E-state index is -0.250. The van der Waals surface area contributed by atoms with Gasteiger partial charge in [0.15, 0.2) is 5.65 Å². The normalized spacial score (nSPS) is 15.1. The SMILES string of the molecule is C1CCCC1.COc1cc2c(cc1Nc1ncc3cnn(C)c3n1)CN(C)CC2.O=CO. The number of benzene rings is 1. The lowest BCUT2D eigenvalue weighted by Gasteiger charge is -2.26. The van der Waals surface area contributed by atoms with Crippen molar-refractivity contribution in [3.63, 3.8) is 0 Å². The highest BCUT2D eigenvalue weighted by Crippen LogP contribution is 2.33. The summed E-state index contributed by atoms with van der Waals surface area (Å²) in [6.45, 7) is 1.76. The molecule has 3 heterocycles. The van der Waals surface area contributed by atoms with E-state index in [1.807, 2.05) is 7.05 Å². The number of likely N-dealkylation sites (N-methyl/N-ethyl adjacent to an activating group) is 1. The van der Waals surface area contributed by atoms with Crippen molar-refractivity contribution in [3.8, 4) is 5.75 Å². The molecule has 2 aliphatic rings.